The molecule has 0 atom stereocenters. The van der Waals surface area contributed by atoms with Crippen LogP contribution in [0.3, 0.4) is 0 Å². The number of nitrogens with zero attached hydrogens (tertiary/aromatic N) is 7. The lowest BCUT2D eigenvalue weighted by atomic mass is 9.90. The quantitative estimate of drug-likeness (QED) is 0.631. The highest BCUT2D eigenvalue weighted by atomic mass is 16.5. The Labute approximate surface area is 182 Å². The smallest absolute Gasteiger partial charge is 0.225 e. The van der Waals surface area contributed by atoms with Gasteiger partial charge in [-0.25, -0.2) is 19.9 Å². The van der Waals surface area contributed by atoms with Gasteiger partial charge in [0, 0.05) is 55.7 Å². The largest absolute Gasteiger partial charge is 0.356 e. The number of rotatable bonds is 4. The number of aromatic nitrogens is 5. The molecule has 0 radical (unpaired) electrons. The molecule has 3 aromatic rings. The summed E-state index contributed by atoms with van der Waals surface area (Å²) in [5, 5.41) is 4.08. The number of aryl methyl sites for hydroxylation is 3. The van der Waals surface area contributed by atoms with Gasteiger partial charge in [-0.3, -0.25) is 0 Å². The highest BCUT2D eigenvalue weighted by molar-refractivity contribution is 5.61. The topological polar surface area (TPSA) is 84.1 Å². The minimum absolute atomic E-state index is 0.340. The van der Waals surface area contributed by atoms with Crippen LogP contribution in [0.2, 0.25) is 0 Å². The van der Waals surface area contributed by atoms with Crippen LogP contribution in [-0.4, -0.2) is 51.3 Å². The fourth-order valence-electron chi connectivity index (χ4n) is 4.65. The fraction of sp³-hybridized carbons (Fsp3) is 0.522. The lowest BCUT2D eigenvalue weighted by Gasteiger charge is -2.32. The van der Waals surface area contributed by atoms with E-state index in [2.05, 4.69) is 29.9 Å². The summed E-state index contributed by atoms with van der Waals surface area (Å²) in [5.41, 5.74) is 4.93. The van der Waals surface area contributed by atoms with Gasteiger partial charge in [0.25, 0.3) is 0 Å². The molecule has 0 aliphatic carbocycles. The van der Waals surface area contributed by atoms with Gasteiger partial charge in [-0.05, 0) is 52.5 Å². The second-order valence-corrected chi connectivity index (χ2v) is 8.71. The molecule has 162 valence electrons. The van der Waals surface area contributed by atoms with Crippen molar-refractivity contribution in [3.63, 3.8) is 0 Å². The van der Waals surface area contributed by atoms with Crippen molar-refractivity contribution in [2.45, 2.75) is 52.4 Å². The molecule has 3 aromatic heterocycles. The van der Waals surface area contributed by atoms with Crippen LogP contribution in [0.5, 0.6) is 0 Å². The van der Waals surface area contributed by atoms with Gasteiger partial charge in [-0.2, -0.15) is 0 Å². The van der Waals surface area contributed by atoms with Crippen LogP contribution in [0.4, 0.5) is 11.9 Å². The third-order valence-corrected chi connectivity index (χ3v) is 6.22. The van der Waals surface area contributed by atoms with Gasteiger partial charge >= 0.3 is 0 Å². The first-order chi connectivity index (χ1) is 15.1. The lowest BCUT2D eigenvalue weighted by Crippen LogP contribution is -2.35. The summed E-state index contributed by atoms with van der Waals surface area (Å²) in [6, 6.07) is 3.99. The molecule has 2 aliphatic rings. The molecule has 2 saturated heterocycles. The van der Waals surface area contributed by atoms with E-state index in [1.165, 1.54) is 12.8 Å². The van der Waals surface area contributed by atoms with Crippen molar-refractivity contribution in [2.24, 2.45) is 0 Å². The molecule has 8 heteroatoms. The van der Waals surface area contributed by atoms with Gasteiger partial charge < -0.3 is 14.3 Å². The van der Waals surface area contributed by atoms with Crippen LogP contribution in [0, 0.1) is 20.8 Å². The molecule has 0 amide bonds. The summed E-state index contributed by atoms with van der Waals surface area (Å²) < 4.78 is 5.59. The highest BCUT2D eigenvalue weighted by Gasteiger charge is 2.28. The maximum atomic E-state index is 5.59. The Hall–Kier alpha value is -3.03. The first-order valence-electron chi connectivity index (χ1n) is 11.2. The molecule has 0 aromatic carbocycles. The zero-order chi connectivity index (χ0) is 21.4. The predicted octanol–water partition coefficient (Wildman–Crippen LogP) is 3.83. The van der Waals surface area contributed by atoms with Crippen molar-refractivity contribution < 1.29 is 4.52 Å². The van der Waals surface area contributed by atoms with Crippen LogP contribution < -0.4 is 9.80 Å². The van der Waals surface area contributed by atoms with Gasteiger partial charge in [-0.15, -0.1) is 0 Å². The van der Waals surface area contributed by atoms with Crippen LogP contribution in [0.1, 0.15) is 54.4 Å². The molecule has 0 unspecified atom stereocenters. The van der Waals surface area contributed by atoms with E-state index in [0.29, 0.717) is 5.92 Å². The average molecular weight is 420 g/mol. The maximum Gasteiger partial charge on any atom is 0.225 e. The van der Waals surface area contributed by atoms with Crippen molar-refractivity contribution in [2.75, 3.05) is 36.0 Å². The van der Waals surface area contributed by atoms with Crippen LogP contribution >= 0.6 is 0 Å². The number of hydrogen-bond donors (Lipinski definition) is 0. The average Bonchev–Trinajstić information content (AvgIpc) is 3.45. The molecule has 2 aliphatic heterocycles. The fourth-order valence-corrected chi connectivity index (χ4v) is 4.65. The van der Waals surface area contributed by atoms with Gasteiger partial charge in [0.2, 0.25) is 11.9 Å². The second kappa shape index (κ2) is 8.24. The van der Waals surface area contributed by atoms with E-state index < -0.39 is 0 Å². The molecule has 0 N–H and O–H groups in total. The third-order valence-electron chi connectivity index (χ3n) is 6.22. The van der Waals surface area contributed by atoms with E-state index in [-0.39, 0.29) is 0 Å². The van der Waals surface area contributed by atoms with Crippen molar-refractivity contribution >= 4 is 11.9 Å². The summed E-state index contributed by atoms with van der Waals surface area (Å²) in [6.45, 7) is 9.87. The van der Waals surface area contributed by atoms with Crippen LogP contribution in [0.15, 0.2) is 22.9 Å². The standard InChI is InChI=1S/C23H29N7O/c1-15-12-16(2)26-23(25-15)30-10-6-18(7-11-30)21-19(20-13-17(3)28-31-20)14-24-22(27-21)29-8-4-5-9-29/h12-14,18H,4-11H2,1-3H3. The highest BCUT2D eigenvalue weighted by Crippen LogP contribution is 2.36. The molecule has 0 spiro atoms. The van der Waals surface area contributed by atoms with E-state index in [1.807, 2.05) is 39.1 Å². The van der Waals surface area contributed by atoms with E-state index in [0.717, 1.165) is 85.0 Å². The van der Waals surface area contributed by atoms with Crippen molar-refractivity contribution in [3.8, 4) is 11.3 Å². The number of hydrogen-bond acceptors (Lipinski definition) is 8. The van der Waals surface area contributed by atoms with Crippen molar-refractivity contribution in [1.29, 1.82) is 0 Å². The predicted molar refractivity (Wildman–Crippen MR) is 119 cm³/mol. The molecule has 31 heavy (non-hydrogen) atoms. The first-order valence-corrected chi connectivity index (χ1v) is 11.2. The summed E-state index contributed by atoms with van der Waals surface area (Å²) in [6.07, 6.45) is 6.32. The van der Waals surface area contributed by atoms with E-state index in [1.54, 1.807) is 0 Å². The molecule has 8 nitrogen and oxygen atoms in total. The van der Waals surface area contributed by atoms with Crippen molar-refractivity contribution in [1.82, 2.24) is 25.1 Å². The Morgan fingerprint density at radius 1 is 0.806 bits per heavy atom. The minimum atomic E-state index is 0.340. The molecular weight excluding hydrogens is 390 g/mol. The number of piperidine rings is 1. The molecule has 0 bridgehead atoms. The Morgan fingerprint density at radius 2 is 1.48 bits per heavy atom. The van der Waals surface area contributed by atoms with E-state index in [4.69, 9.17) is 9.51 Å². The van der Waals surface area contributed by atoms with Crippen LogP contribution in [0.25, 0.3) is 11.3 Å². The first kappa shape index (κ1) is 19.9. The molecule has 2 fully saturated rings. The maximum absolute atomic E-state index is 5.59. The third kappa shape index (κ3) is 4.11. The number of anilines is 2. The van der Waals surface area contributed by atoms with Gasteiger partial charge in [-0.1, -0.05) is 5.16 Å². The van der Waals surface area contributed by atoms with Gasteiger partial charge in [0.15, 0.2) is 5.76 Å². The van der Waals surface area contributed by atoms with Crippen LogP contribution in [-0.2, 0) is 0 Å². The molecular formula is C23H29N7O. The molecule has 0 saturated carbocycles. The SMILES string of the molecule is Cc1cc(-c2cnc(N3CCCC3)nc2C2CCN(c3nc(C)cc(C)n3)CC2)on1. The zero-order valence-corrected chi connectivity index (χ0v) is 18.5. The van der Waals surface area contributed by atoms with Crippen molar-refractivity contribution in [3.05, 3.63) is 41.1 Å². The second-order valence-electron chi connectivity index (χ2n) is 8.71. The summed E-state index contributed by atoms with van der Waals surface area (Å²) in [5.74, 6) is 2.77. The van der Waals surface area contributed by atoms with E-state index >= 15 is 0 Å². The Kier molecular flexibility index (Phi) is 5.29. The molecule has 5 rings (SSSR count). The monoisotopic (exact) mass is 419 g/mol. The normalized spacial score (nSPS) is 17.5. The van der Waals surface area contributed by atoms with Gasteiger partial charge in [0.1, 0.15) is 0 Å². The summed E-state index contributed by atoms with van der Waals surface area (Å²) >= 11 is 0. The Balaban J connectivity index is 1.42. The molecule has 5 heterocycles. The van der Waals surface area contributed by atoms with E-state index in [9.17, 15) is 0 Å². The Morgan fingerprint density at radius 3 is 2.13 bits per heavy atom. The summed E-state index contributed by atoms with van der Waals surface area (Å²) in [4.78, 5) is 23.6. The zero-order valence-electron chi connectivity index (χ0n) is 18.5. The lowest BCUT2D eigenvalue weighted by molar-refractivity contribution is 0.424. The Bertz CT molecular complexity index is 1050. The summed E-state index contributed by atoms with van der Waals surface area (Å²) in [7, 11) is 0. The minimum Gasteiger partial charge on any atom is -0.356 e. The van der Waals surface area contributed by atoms with Gasteiger partial charge in [0.05, 0.1) is 17.0 Å².